The van der Waals surface area contributed by atoms with Crippen molar-refractivity contribution < 1.29 is 4.79 Å². The maximum Gasteiger partial charge on any atom is 0.169 e. The Labute approximate surface area is 91.8 Å². The van der Waals surface area contributed by atoms with Crippen LogP contribution in [0.5, 0.6) is 0 Å². The molecule has 80 valence electrons. The van der Waals surface area contributed by atoms with E-state index < -0.39 is 0 Å². The summed E-state index contributed by atoms with van der Waals surface area (Å²) in [5.41, 5.74) is 0.797. The molecule has 1 aromatic rings. The Morgan fingerprint density at radius 1 is 1.33 bits per heavy atom. The fourth-order valence-corrected chi connectivity index (χ4v) is 1.42. The van der Waals surface area contributed by atoms with E-state index in [4.69, 9.17) is 0 Å². The van der Waals surface area contributed by atoms with Gasteiger partial charge in [-0.3, -0.25) is 4.79 Å². The van der Waals surface area contributed by atoms with Crippen LogP contribution in [0.4, 0.5) is 0 Å². The molecule has 0 saturated carbocycles. The van der Waals surface area contributed by atoms with E-state index in [0.29, 0.717) is 0 Å². The number of unbranched alkanes of at least 4 members (excludes halogenated alkanes) is 1. The lowest BCUT2D eigenvalue weighted by atomic mass is 9.99. The van der Waals surface area contributed by atoms with Crippen molar-refractivity contribution in [1.29, 1.82) is 0 Å². The van der Waals surface area contributed by atoms with Crippen LogP contribution in [-0.2, 0) is 0 Å². The van der Waals surface area contributed by atoms with Crippen molar-refractivity contribution in [2.75, 3.05) is 0 Å². The van der Waals surface area contributed by atoms with Crippen LogP contribution in [0.1, 0.15) is 37.0 Å². The van der Waals surface area contributed by atoms with E-state index in [9.17, 15) is 4.79 Å². The van der Waals surface area contributed by atoms with Gasteiger partial charge in [0.2, 0.25) is 0 Å². The van der Waals surface area contributed by atoms with E-state index in [-0.39, 0.29) is 11.7 Å². The predicted octanol–water partition coefficient (Wildman–Crippen LogP) is 3.86. The molecule has 0 N–H and O–H groups in total. The average molecular weight is 202 g/mol. The van der Waals surface area contributed by atoms with E-state index in [2.05, 4.69) is 13.0 Å². The Bertz CT molecular complexity index is 324. The number of Topliss-reactive ketones (excluding diaryl/α,β-unsaturated/α-hetero) is 1. The van der Waals surface area contributed by atoms with Gasteiger partial charge in [0.1, 0.15) is 0 Å². The third-order valence-corrected chi connectivity index (χ3v) is 2.35. The zero-order valence-corrected chi connectivity index (χ0v) is 9.44. The minimum Gasteiger partial charge on any atom is -0.294 e. The topological polar surface area (TPSA) is 17.1 Å². The minimum atomic E-state index is -0.0149. The summed E-state index contributed by atoms with van der Waals surface area (Å²) in [5, 5.41) is 0. The quantitative estimate of drug-likeness (QED) is 0.523. The van der Waals surface area contributed by atoms with Crippen molar-refractivity contribution in [3.63, 3.8) is 0 Å². The third kappa shape index (κ3) is 3.70. The first-order valence-corrected chi connectivity index (χ1v) is 5.51. The highest BCUT2D eigenvalue weighted by molar-refractivity contribution is 5.98. The van der Waals surface area contributed by atoms with Gasteiger partial charge in [-0.05, 0) is 6.42 Å². The van der Waals surface area contributed by atoms with Gasteiger partial charge in [-0.15, -0.1) is 0 Å². The van der Waals surface area contributed by atoms with Crippen LogP contribution in [0.2, 0.25) is 0 Å². The van der Waals surface area contributed by atoms with E-state index in [1.165, 1.54) is 0 Å². The largest absolute Gasteiger partial charge is 0.294 e. The molecule has 0 heterocycles. The molecule has 0 aromatic heterocycles. The molecule has 0 amide bonds. The summed E-state index contributed by atoms with van der Waals surface area (Å²) < 4.78 is 0. The predicted molar refractivity (Wildman–Crippen MR) is 64.0 cm³/mol. The molecule has 1 heteroatoms. The molecule has 1 atom stereocenters. The number of benzene rings is 1. The molecule has 1 nitrogen and oxygen atoms in total. The van der Waals surface area contributed by atoms with E-state index in [0.717, 1.165) is 18.4 Å². The number of hydrogen-bond acceptors (Lipinski definition) is 1. The fourth-order valence-electron chi connectivity index (χ4n) is 1.42. The van der Waals surface area contributed by atoms with Crippen molar-refractivity contribution in [2.45, 2.75) is 26.7 Å². The second-order valence-electron chi connectivity index (χ2n) is 3.74. The Morgan fingerprint density at radius 2 is 2.00 bits per heavy atom. The summed E-state index contributed by atoms with van der Waals surface area (Å²) in [5.74, 6) is 0.182. The van der Waals surface area contributed by atoms with Gasteiger partial charge in [-0.25, -0.2) is 0 Å². The number of carbonyl (C=O) groups is 1. The Hall–Kier alpha value is -1.37. The first-order chi connectivity index (χ1) is 7.25. The average Bonchev–Trinajstić information content (AvgIpc) is 2.29. The number of rotatable bonds is 5. The van der Waals surface area contributed by atoms with E-state index in [1.54, 1.807) is 0 Å². The lowest BCUT2D eigenvalue weighted by Crippen LogP contribution is -2.08. The molecule has 0 fully saturated rings. The lowest BCUT2D eigenvalue weighted by Gasteiger charge is -2.04. The highest BCUT2D eigenvalue weighted by Gasteiger charge is 2.10. The van der Waals surface area contributed by atoms with Gasteiger partial charge < -0.3 is 0 Å². The molecule has 0 aliphatic rings. The van der Waals surface area contributed by atoms with Crippen LogP contribution in [0.3, 0.4) is 0 Å². The monoisotopic (exact) mass is 202 g/mol. The maximum absolute atomic E-state index is 11.9. The third-order valence-electron chi connectivity index (χ3n) is 2.35. The Kier molecular flexibility index (Phi) is 4.82. The molecule has 0 aliphatic heterocycles. The molecule has 0 saturated heterocycles. The molecule has 1 aromatic carbocycles. The van der Waals surface area contributed by atoms with Crippen LogP contribution >= 0.6 is 0 Å². The molecule has 0 aliphatic carbocycles. The van der Waals surface area contributed by atoms with E-state index >= 15 is 0 Å². The van der Waals surface area contributed by atoms with Crippen molar-refractivity contribution in [1.82, 2.24) is 0 Å². The highest BCUT2D eigenvalue weighted by atomic mass is 16.1. The summed E-state index contributed by atoms with van der Waals surface area (Å²) in [6.07, 6.45) is 6.26. The van der Waals surface area contributed by atoms with Crippen LogP contribution < -0.4 is 0 Å². The summed E-state index contributed by atoms with van der Waals surface area (Å²) in [6.45, 7) is 4.08. The summed E-state index contributed by atoms with van der Waals surface area (Å²) in [6, 6.07) is 9.46. The molecule has 15 heavy (non-hydrogen) atoms. The number of carbonyl (C=O) groups excluding carboxylic acids is 1. The Morgan fingerprint density at radius 3 is 2.60 bits per heavy atom. The number of hydrogen-bond donors (Lipinski definition) is 0. The molecular weight excluding hydrogens is 184 g/mol. The first-order valence-electron chi connectivity index (χ1n) is 5.51. The first kappa shape index (κ1) is 11.7. The van der Waals surface area contributed by atoms with Gasteiger partial charge >= 0.3 is 0 Å². The number of ketones is 1. The van der Waals surface area contributed by atoms with Gasteiger partial charge in [-0.1, -0.05) is 62.8 Å². The Balaban J connectivity index is 2.61. The summed E-state index contributed by atoms with van der Waals surface area (Å²) >= 11 is 0. The molecule has 0 bridgehead atoms. The highest BCUT2D eigenvalue weighted by Crippen LogP contribution is 2.10. The zero-order valence-electron chi connectivity index (χ0n) is 9.44. The molecule has 0 radical (unpaired) electrons. The maximum atomic E-state index is 11.9. The second kappa shape index (κ2) is 6.18. The molecule has 1 rings (SSSR count). The molecule has 0 unspecified atom stereocenters. The van der Waals surface area contributed by atoms with Gasteiger partial charge in [0.05, 0.1) is 0 Å². The summed E-state index contributed by atoms with van der Waals surface area (Å²) in [4.78, 5) is 11.9. The smallest absolute Gasteiger partial charge is 0.169 e. The van der Waals surface area contributed by atoms with Crippen molar-refractivity contribution >= 4 is 5.78 Å². The van der Waals surface area contributed by atoms with Gasteiger partial charge in [0.25, 0.3) is 0 Å². The van der Waals surface area contributed by atoms with E-state index in [1.807, 2.05) is 43.3 Å². The summed E-state index contributed by atoms with van der Waals surface area (Å²) in [7, 11) is 0. The molecular formula is C14H18O. The van der Waals surface area contributed by atoms with Gasteiger partial charge in [0, 0.05) is 11.5 Å². The second-order valence-corrected chi connectivity index (χ2v) is 3.74. The fraction of sp³-hybridized carbons (Fsp3) is 0.357. The van der Waals surface area contributed by atoms with Crippen LogP contribution in [0, 0.1) is 5.92 Å². The minimum absolute atomic E-state index is 0.0149. The van der Waals surface area contributed by atoms with Crippen LogP contribution in [0.25, 0.3) is 0 Å². The van der Waals surface area contributed by atoms with Crippen LogP contribution in [0.15, 0.2) is 42.5 Å². The normalized spacial score (nSPS) is 12.9. The molecule has 0 spiro atoms. The number of allylic oxidation sites excluding steroid dienone is 2. The van der Waals surface area contributed by atoms with Crippen LogP contribution in [-0.4, -0.2) is 5.78 Å². The zero-order chi connectivity index (χ0) is 11.1. The van der Waals surface area contributed by atoms with Crippen molar-refractivity contribution in [3.8, 4) is 0 Å². The van der Waals surface area contributed by atoms with Crippen molar-refractivity contribution in [2.24, 2.45) is 5.92 Å². The van der Waals surface area contributed by atoms with Gasteiger partial charge in [0.15, 0.2) is 5.78 Å². The standard InChI is InChI=1S/C14H18O/c1-3-4-6-9-12(2)14(15)13-10-7-5-8-11-13/h5-12H,3-4H2,1-2H3/b9-6+/t12-/m1/s1. The van der Waals surface area contributed by atoms with Gasteiger partial charge in [-0.2, -0.15) is 0 Å². The SMILES string of the molecule is CCC/C=C/[C@@H](C)C(=O)c1ccccc1. The van der Waals surface area contributed by atoms with Crippen molar-refractivity contribution in [3.05, 3.63) is 48.0 Å². The lowest BCUT2D eigenvalue weighted by molar-refractivity contribution is 0.0953.